The van der Waals surface area contributed by atoms with Crippen LogP contribution in [0.15, 0.2) is 87.0 Å². The van der Waals surface area contributed by atoms with Crippen molar-refractivity contribution in [3.8, 4) is 11.3 Å². The van der Waals surface area contributed by atoms with E-state index in [1.165, 1.54) is 11.3 Å². The van der Waals surface area contributed by atoms with Gasteiger partial charge in [0, 0.05) is 11.6 Å². The Morgan fingerprint density at radius 3 is 2.58 bits per heavy atom. The zero-order valence-electron chi connectivity index (χ0n) is 18.1. The van der Waals surface area contributed by atoms with Gasteiger partial charge in [0.1, 0.15) is 5.58 Å². The molecule has 0 amide bonds. The zero-order chi connectivity index (χ0) is 22.5. The summed E-state index contributed by atoms with van der Waals surface area (Å²) in [6.45, 7) is 4.10. The maximum Gasteiger partial charge on any atom is 0.345 e. The van der Waals surface area contributed by atoms with Gasteiger partial charge in [-0.2, -0.15) is 0 Å². The Labute approximate surface area is 193 Å². The molecule has 5 nitrogen and oxygen atoms in total. The lowest BCUT2D eigenvalue weighted by molar-refractivity contribution is 0.563. The molecule has 0 saturated carbocycles. The van der Waals surface area contributed by atoms with Gasteiger partial charge >= 0.3 is 5.63 Å². The van der Waals surface area contributed by atoms with Gasteiger partial charge in [-0.05, 0) is 49.2 Å². The Morgan fingerprint density at radius 2 is 1.73 bits per heavy atom. The molecule has 6 heteroatoms. The molecule has 3 aromatic carbocycles. The second kappa shape index (κ2) is 7.53. The molecule has 0 spiro atoms. The third-order valence-corrected chi connectivity index (χ3v) is 6.81. The van der Waals surface area contributed by atoms with Crippen LogP contribution in [0.3, 0.4) is 0 Å². The van der Waals surface area contributed by atoms with Crippen LogP contribution in [0.2, 0.25) is 0 Å². The number of fused-ring (bicyclic) bond motifs is 4. The summed E-state index contributed by atoms with van der Waals surface area (Å²) >= 11 is 1.51. The summed E-state index contributed by atoms with van der Waals surface area (Å²) in [5.41, 5.74) is 6.39. The molecule has 0 N–H and O–H groups in total. The standard InChI is InChI=1S/C27H19N3O2S/c1-16-8-7-9-17(2)24(16)28-15-23-25(19-14-18-10-3-6-13-22(18)32-26(19)31)30-21-12-5-4-11-20(21)29-27(30)33-23/h3-15H,1-2H3. The summed E-state index contributed by atoms with van der Waals surface area (Å²) in [6, 6.07) is 23.5. The fraction of sp³-hybridized carbons (Fsp3) is 0.0741. The number of aromatic nitrogens is 2. The highest BCUT2D eigenvalue weighted by molar-refractivity contribution is 7.19. The smallest absolute Gasteiger partial charge is 0.345 e. The average molecular weight is 450 g/mol. The topological polar surface area (TPSA) is 59.9 Å². The molecule has 33 heavy (non-hydrogen) atoms. The average Bonchev–Trinajstić information content (AvgIpc) is 3.34. The van der Waals surface area contributed by atoms with E-state index in [0.29, 0.717) is 11.1 Å². The number of rotatable bonds is 3. The quantitative estimate of drug-likeness (QED) is 0.223. The van der Waals surface area contributed by atoms with Crippen molar-refractivity contribution in [3.05, 3.63) is 99.2 Å². The second-order valence-corrected chi connectivity index (χ2v) is 9.03. The maximum atomic E-state index is 13.1. The Morgan fingerprint density at radius 1 is 0.970 bits per heavy atom. The summed E-state index contributed by atoms with van der Waals surface area (Å²) in [5.74, 6) is 0. The van der Waals surface area contributed by atoms with Gasteiger partial charge in [0.2, 0.25) is 0 Å². The number of aryl methyl sites for hydroxylation is 2. The fourth-order valence-electron chi connectivity index (χ4n) is 4.25. The number of aliphatic imine (C=N–C) groups is 1. The van der Waals surface area contributed by atoms with Gasteiger partial charge in [-0.15, -0.1) is 0 Å². The highest BCUT2D eigenvalue weighted by Gasteiger charge is 2.21. The van der Waals surface area contributed by atoms with Crippen LogP contribution in [0, 0.1) is 13.8 Å². The monoisotopic (exact) mass is 449 g/mol. The van der Waals surface area contributed by atoms with Gasteiger partial charge < -0.3 is 4.42 Å². The van der Waals surface area contributed by atoms with Crippen molar-refractivity contribution in [1.82, 2.24) is 9.38 Å². The van der Waals surface area contributed by atoms with E-state index in [2.05, 4.69) is 0 Å². The van der Waals surface area contributed by atoms with E-state index in [1.807, 2.05) is 91.2 Å². The van der Waals surface area contributed by atoms with Gasteiger partial charge in [-0.3, -0.25) is 9.39 Å². The Balaban J connectivity index is 1.66. The van der Waals surface area contributed by atoms with Crippen LogP contribution >= 0.6 is 11.3 Å². The predicted octanol–water partition coefficient (Wildman–Crippen LogP) is 6.69. The molecule has 0 radical (unpaired) electrons. The van der Waals surface area contributed by atoms with Crippen molar-refractivity contribution in [2.45, 2.75) is 13.8 Å². The van der Waals surface area contributed by atoms with Crippen LogP contribution < -0.4 is 5.63 Å². The molecule has 0 fully saturated rings. The van der Waals surface area contributed by atoms with Crippen molar-refractivity contribution >= 4 is 50.2 Å². The summed E-state index contributed by atoms with van der Waals surface area (Å²) in [6.07, 6.45) is 1.84. The van der Waals surface area contributed by atoms with E-state index in [9.17, 15) is 4.79 Å². The van der Waals surface area contributed by atoms with Crippen LogP contribution in [0.5, 0.6) is 0 Å². The van der Waals surface area contributed by atoms with Crippen molar-refractivity contribution in [2.24, 2.45) is 4.99 Å². The molecule has 0 saturated heterocycles. The van der Waals surface area contributed by atoms with E-state index in [1.54, 1.807) is 6.07 Å². The van der Waals surface area contributed by atoms with Gasteiger partial charge in [-0.1, -0.05) is 59.9 Å². The third kappa shape index (κ3) is 3.18. The van der Waals surface area contributed by atoms with Crippen LogP contribution in [0.4, 0.5) is 5.69 Å². The molecule has 0 bridgehead atoms. The van der Waals surface area contributed by atoms with E-state index >= 15 is 0 Å². The minimum atomic E-state index is -0.382. The maximum absolute atomic E-state index is 13.1. The lowest BCUT2D eigenvalue weighted by atomic mass is 10.1. The zero-order valence-corrected chi connectivity index (χ0v) is 18.9. The largest absolute Gasteiger partial charge is 0.422 e. The highest BCUT2D eigenvalue weighted by atomic mass is 32.1. The van der Waals surface area contributed by atoms with Gasteiger partial charge in [-0.25, -0.2) is 9.78 Å². The van der Waals surface area contributed by atoms with E-state index in [-0.39, 0.29) is 5.63 Å². The first-order valence-corrected chi connectivity index (χ1v) is 11.5. The third-order valence-electron chi connectivity index (χ3n) is 5.84. The van der Waals surface area contributed by atoms with Gasteiger partial charge in [0.25, 0.3) is 0 Å². The van der Waals surface area contributed by atoms with Crippen LogP contribution in [-0.2, 0) is 0 Å². The molecule has 3 heterocycles. The molecular formula is C27H19N3O2S. The second-order valence-electron chi connectivity index (χ2n) is 8.02. The molecule has 0 atom stereocenters. The molecule has 6 aromatic rings. The van der Waals surface area contributed by atoms with E-state index < -0.39 is 0 Å². The lowest BCUT2D eigenvalue weighted by Gasteiger charge is -2.06. The molecule has 0 unspecified atom stereocenters. The Bertz CT molecular complexity index is 1750. The van der Waals surface area contributed by atoms with Crippen molar-refractivity contribution in [2.75, 3.05) is 0 Å². The number of nitrogens with zero attached hydrogens (tertiary/aromatic N) is 3. The van der Waals surface area contributed by atoms with Crippen LogP contribution in [0.1, 0.15) is 16.0 Å². The molecule has 3 aromatic heterocycles. The first-order valence-electron chi connectivity index (χ1n) is 10.6. The number of para-hydroxylation sites is 4. The van der Waals surface area contributed by atoms with E-state index in [4.69, 9.17) is 14.4 Å². The predicted molar refractivity (Wildman–Crippen MR) is 135 cm³/mol. The summed E-state index contributed by atoms with van der Waals surface area (Å²) in [4.78, 5) is 24.4. The van der Waals surface area contributed by atoms with Crippen LogP contribution in [0.25, 0.3) is 38.2 Å². The number of imidazole rings is 1. The summed E-state index contributed by atoms with van der Waals surface area (Å²) < 4.78 is 7.72. The molecule has 0 aliphatic rings. The Hall–Kier alpha value is -4.03. The number of hydrogen-bond acceptors (Lipinski definition) is 5. The van der Waals surface area contributed by atoms with E-state index in [0.717, 1.165) is 48.8 Å². The number of benzene rings is 3. The minimum absolute atomic E-state index is 0.382. The fourth-order valence-corrected chi connectivity index (χ4v) is 5.27. The molecular weight excluding hydrogens is 430 g/mol. The summed E-state index contributed by atoms with van der Waals surface area (Å²) in [5, 5.41) is 0.869. The minimum Gasteiger partial charge on any atom is -0.422 e. The van der Waals surface area contributed by atoms with Gasteiger partial charge in [0.15, 0.2) is 4.96 Å². The van der Waals surface area contributed by atoms with Crippen LogP contribution in [-0.4, -0.2) is 15.6 Å². The normalized spacial score (nSPS) is 11.9. The molecule has 0 aliphatic carbocycles. The van der Waals surface area contributed by atoms with Crippen molar-refractivity contribution in [3.63, 3.8) is 0 Å². The highest BCUT2D eigenvalue weighted by Crippen LogP contribution is 2.34. The molecule has 160 valence electrons. The Kier molecular flexibility index (Phi) is 4.48. The lowest BCUT2D eigenvalue weighted by Crippen LogP contribution is -2.05. The van der Waals surface area contributed by atoms with Crippen molar-refractivity contribution < 1.29 is 4.42 Å². The first-order chi connectivity index (χ1) is 16.1. The number of thiazole rings is 1. The SMILES string of the molecule is Cc1cccc(C)c1N=Cc1sc2nc3ccccc3n2c1-c1cc2ccccc2oc1=O. The molecule has 6 rings (SSSR count). The van der Waals surface area contributed by atoms with Gasteiger partial charge in [0.05, 0.1) is 32.9 Å². The number of hydrogen-bond donors (Lipinski definition) is 0. The summed E-state index contributed by atoms with van der Waals surface area (Å²) in [7, 11) is 0. The molecule has 0 aliphatic heterocycles. The van der Waals surface area contributed by atoms with Crippen molar-refractivity contribution in [1.29, 1.82) is 0 Å². The first kappa shape index (κ1) is 19.6.